The number of imidazole rings is 1. The van der Waals surface area contributed by atoms with Gasteiger partial charge >= 0.3 is 5.69 Å². The number of nitrogens with one attached hydrogen (secondary N) is 2. The lowest BCUT2D eigenvalue weighted by Crippen LogP contribution is -2.31. The predicted molar refractivity (Wildman–Crippen MR) is 125 cm³/mol. The van der Waals surface area contributed by atoms with Gasteiger partial charge in [-0.15, -0.1) is 0 Å². The summed E-state index contributed by atoms with van der Waals surface area (Å²) in [7, 11) is 3.24. The number of aromatic nitrogens is 4. The normalized spacial score (nSPS) is 11.2. The molecule has 0 aliphatic heterocycles. The van der Waals surface area contributed by atoms with Crippen molar-refractivity contribution < 1.29 is 9.47 Å². The predicted octanol–water partition coefficient (Wildman–Crippen LogP) is 2.45. The van der Waals surface area contributed by atoms with E-state index in [1.807, 2.05) is 22.8 Å². The molecule has 0 radical (unpaired) electrons. The van der Waals surface area contributed by atoms with Gasteiger partial charge in [-0.2, -0.15) is 0 Å². The summed E-state index contributed by atoms with van der Waals surface area (Å²) in [5.41, 5.74) is 1.29. The van der Waals surface area contributed by atoms with Gasteiger partial charge in [-0.25, -0.2) is 9.78 Å². The highest BCUT2D eigenvalue weighted by Crippen LogP contribution is 2.27. The van der Waals surface area contributed by atoms with Crippen molar-refractivity contribution in [3.8, 4) is 11.5 Å². The molecule has 0 aliphatic carbocycles. The van der Waals surface area contributed by atoms with Crippen LogP contribution in [0.2, 0.25) is 0 Å². The molecule has 2 N–H and O–H groups in total. The van der Waals surface area contributed by atoms with Crippen LogP contribution in [0.1, 0.15) is 44.5 Å². The number of ether oxygens (including phenoxy) is 2. The number of nitrogens with zero attached hydrogens (tertiary/aromatic N) is 3. The maximum atomic E-state index is 12.6. The number of unbranched alkanes of at least 4 members (excludes halogenated alkanes) is 1. The van der Waals surface area contributed by atoms with Crippen molar-refractivity contribution in [3.05, 3.63) is 50.4 Å². The molecule has 9 nitrogen and oxygen atoms in total. The molecule has 2 aromatic heterocycles. The standard InChI is InChI=1S/C23H33N5O4/c1-5-7-13-28-21-20(22(29)26-23(28)30)27(12-6-2)19(25-21)15-24-11-10-16-8-9-17(31-3)18(14-16)32-4/h8-9,14,24H,5-7,10-13,15H2,1-4H3,(H,26,29,30). The second kappa shape index (κ2) is 11.0. The first-order valence-corrected chi connectivity index (χ1v) is 11.2. The molecule has 3 aromatic rings. The van der Waals surface area contributed by atoms with Crippen LogP contribution in [-0.2, 0) is 26.1 Å². The fraction of sp³-hybridized carbons (Fsp3) is 0.522. The minimum absolute atomic E-state index is 0.379. The van der Waals surface area contributed by atoms with E-state index in [1.165, 1.54) is 0 Å². The maximum Gasteiger partial charge on any atom is 0.330 e. The number of methoxy groups -OCH3 is 2. The van der Waals surface area contributed by atoms with Crippen molar-refractivity contribution in [3.63, 3.8) is 0 Å². The molecule has 9 heteroatoms. The Morgan fingerprint density at radius 1 is 1.03 bits per heavy atom. The van der Waals surface area contributed by atoms with Gasteiger partial charge in [-0.05, 0) is 43.5 Å². The molecule has 0 amide bonds. The highest BCUT2D eigenvalue weighted by molar-refractivity contribution is 5.71. The molecule has 1 aromatic carbocycles. The number of aromatic amines is 1. The Hall–Kier alpha value is -3.07. The molecule has 0 saturated heterocycles. The highest BCUT2D eigenvalue weighted by atomic mass is 16.5. The van der Waals surface area contributed by atoms with Gasteiger partial charge in [0.2, 0.25) is 0 Å². The van der Waals surface area contributed by atoms with E-state index in [0.717, 1.165) is 43.6 Å². The molecule has 0 atom stereocenters. The van der Waals surface area contributed by atoms with Gasteiger partial charge in [-0.1, -0.05) is 26.3 Å². The van der Waals surface area contributed by atoms with E-state index < -0.39 is 5.69 Å². The van der Waals surface area contributed by atoms with Crippen molar-refractivity contribution in [2.45, 2.75) is 59.2 Å². The molecule has 174 valence electrons. The van der Waals surface area contributed by atoms with E-state index in [1.54, 1.807) is 18.8 Å². The monoisotopic (exact) mass is 443 g/mol. The summed E-state index contributed by atoms with van der Waals surface area (Å²) < 4.78 is 14.2. The highest BCUT2D eigenvalue weighted by Gasteiger charge is 2.17. The molecule has 2 heterocycles. The number of H-pyrrole nitrogens is 1. The van der Waals surface area contributed by atoms with E-state index in [9.17, 15) is 9.59 Å². The quantitative estimate of drug-likeness (QED) is 0.417. The van der Waals surface area contributed by atoms with Crippen molar-refractivity contribution in [1.29, 1.82) is 0 Å². The zero-order valence-electron chi connectivity index (χ0n) is 19.4. The summed E-state index contributed by atoms with van der Waals surface area (Å²) in [4.78, 5) is 32.1. The van der Waals surface area contributed by atoms with Crippen LogP contribution in [0.4, 0.5) is 0 Å². The van der Waals surface area contributed by atoms with Gasteiger partial charge in [-0.3, -0.25) is 14.3 Å². The molecule has 0 unspecified atom stereocenters. The topological polar surface area (TPSA) is 103 Å². The van der Waals surface area contributed by atoms with E-state index in [0.29, 0.717) is 42.3 Å². The van der Waals surface area contributed by atoms with E-state index in [4.69, 9.17) is 14.5 Å². The van der Waals surface area contributed by atoms with Crippen LogP contribution in [0.3, 0.4) is 0 Å². The Balaban J connectivity index is 1.79. The molecule has 3 rings (SSSR count). The first-order chi connectivity index (χ1) is 15.5. The number of hydrogen-bond donors (Lipinski definition) is 2. The third-order valence-electron chi connectivity index (χ3n) is 5.47. The average Bonchev–Trinajstić information content (AvgIpc) is 3.15. The van der Waals surface area contributed by atoms with Gasteiger partial charge in [0.05, 0.1) is 20.8 Å². The maximum absolute atomic E-state index is 12.6. The van der Waals surface area contributed by atoms with Gasteiger partial charge in [0.1, 0.15) is 5.82 Å². The lowest BCUT2D eigenvalue weighted by atomic mass is 10.1. The van der Waals surface area contributed by atoms with Crippen LogP contribution in [-0.4, -0.2) is 39.9 Å². The smallest absolute Gasteiger partial charge is 0.330 e. The zero-order valence-corrected chi connectivity index (χ0v) is 19.4. The summed E-state index contributed by atoms with van der Waals surface area (Å²) in [6, 6.07) is 5.89. The third-order valence-corrected chi connectivity index (χ3v) is 5.47. The van der Waals surface area contributed by atoms with E-state index in [-0.39, 0.29) is 5.56 Å². The summed E-state index contributed by atoms with van der Waals surface area (Å²) in [5, 5.41) is 3.42. The molecule has 0 spiro atoms. The van der Waals surface area contributed by atoms with Crippen molar-refractivity contribution in [2.75, 3.05) is 20.8 Å². The Bertz CT molecular complexity index is 1160. The SMILES string of the molecule is CCCCn1c(=O)[nH]c(=O)c2c1nc(CNCCc1ccc(OC)c(OC)c1)n2CCC. The first kappa shape index (κ1) is 23.6. The van der Waals surface area contributed by atoms with Crippen LogP contribution in [0, 0.1) is 0 Å². The Morgan fingerprint density at radius 3 is 2.50 bits per heavy atom. The van der Waals surface area contributed by atoms with E-state index in [2.05, 4.69) is 24.1 Å². The molecule has 0 fully saturated rings. The van der Waals surface area contributed by atoms with Crippen LogP contribution in [0.15, 0.2) is 27.8 Å². The fourth-order valence-corrected chi connectivity index (χ4v) is 3.81. The van der Waals surface area contributed by atoms with Gasteiger partial charge in [0, 0.05) is 13.1 Å². The van der Waals surface area contributed by atoms with E-state index >= 15 is 0 Å². The molecule has 32 heavy (non-hydrogen) atoms. The second-order valence-electron chi connectivity index (χ2n) is 7.73. The number of fused-ring (bicyclic) bond motifs is 1. The molecular formula is C23H33N5O4. The van der Waals surface area contributed by atoms with Crippen molar-refractivity contribution in [1.82, 2.24) is 24.4 Å². The summed E-state index contributed by atoms with van der Waals surface area (Å²) in [5.74, 6) is 2.17. The molecule has 0 bridgehead atoms. The number of aryl methyl sites for hydroxylation is 2. The third kappa shape index (κ3) is 5.04. The fourth-order valence-electron chi connectivity index (χ4n) is 3.81. The second-order valence-corrected chi connectivity index (χ2v) is 7.73. The lowest BCUT2D eigenvalue weighted by molar-refractivity contribution is 0.354. The first-order valence-electron chi connectivity index (χ1n) is 11.2. The average molecular weight is 444 g/mol. The van der Waals surface area contributed by atoms with Crippen molar-refractivity contribution in [2.24, 2.45) is 0 Å². The van der Waals surface area contributed by atoms with Crippen LogP contribution in [0.5, 0.6) is 11.5 Å². The minimum Gasteiger partial charge on any atom is -0.493 e. The molecular weight excluding hydrogens is 410 g/mol. The number of benzene rings is 1. The van der Waals surface area contributed by atoms with Gasteiger partial charge in [0.15, 0.2) is 22.7 Å². The van der Waals surface area contributed by atoms with Crippen LogP contribution >= 0.6 is 0 Å². The number of rotatable bonds is 12. The summed E-state index contributed by atoms with van der Waals surface area (Å²) in [6.45, 7) is 6.56. The van der Waals surface area contributed by atoms with Crippen LogP contribution < -0.4 is 26.0 Å². The van der Waals surface area contributed by atoms with Gasteiger partial charge in [0.25, 0.3) is 5.56 Å². The summed E-state index contributed by atoms with van der Waals surface area (Å²) in [6.07, 6.45) is 3.46. The van der Waals surface area contributed by atoms with Crippen molar-refractivity contribution >= 4 is 11.2 Å². The lowest BCUT2D eigenvalue weighted by Gasteiger charge is -2.11. The zero-order chi connectivity index (χ0) is 23.1. The Labute approximate surface area is 187 Å². The van der Waals surface area contributed by atoms with Gasteiger partial charge < -0.3 is 19.4 Å². The molecule has 0 saturated carbocycles. The Kier molecular flexibility index (Phi) is 8.10. The Morgan fingerprint density at radius 2 is 1.81 bits per heavy atom. The summed E-state index contributed by atoms with van der Waals surface area (Å²) >= 11 is 0. The largest absolute Gasteiger partial charge is 0.493 e. The minimum atomic E-state index is -0.398. The van der Waals surface area contributed by atoms with Crippen LogP contribution in [0.25, 0.3) is 11.2 Å². The number of hydrogen-bond acceptors (Lipinski definition) is 6. The molecule has 0 aliphatic rings.